The number of carbonyl (C=O) groups excluding carboxylic acids is 2. The maximum atomic E-state index is 13.5. The van der Waals surface area contributed by atoms with Crippen molar-refractivity contribution in [1.29, 1.82) is 0 Å². The topological polar surface area (TPSA) is 73.9 Å². The number of ketones is 1. The maximum Gasteiger partial charge on any atom is 0.336 e. The molecule has 33 heavy (non-hydrogen) atoms. The third-order valence-corrected chi connectivity index (χ3v) is 5.91. The molecule has 1 N–H and O–H groups in total. The number of fused-ring (bicyclic) bond motifs is 2. The van der Waals surface area contributed by atoms with Gasteiger partial charge in [-0.25, -0.2) is 4.79 Å². The van der Waals surface area contributed by atoms with Crippen molar-refractivity contribution in [2.24, 2.45) is 0 Å². The fraction of sp³-hybridized carbons (Fsp3) is 0.231. The zero-order valence-corrected chi connectivity index (χ0v) is 19.2. The van der Waals surface area contributed by atoms with Crippen molar-refractivity contribution in [3.63, 3.8) is 0 Å². The van der Waals surface area contributed by atoms with Gasteiger partial charge in [-0.2, -0.15) is 0 Å². The maximum absolute atomic E-state index is 13.5. The van der Waals surface area contributed by atoms with Crippen LogP contribution in [0.2, 0.25) is 5.02 Å². The summed E-state index contributed by atoms with van der Waals surface area (Å²) in [5, 5.41) is 3.52. The van der Waals surface area contributed by atoms with E-state index in [1.165, 1.54) is 7.11 Å². The number of Topliss-reactive ketones (excluding diaryl/α,β-unsaturated/α-hetero) is 1. The van der Waals surface area contributed by atoms with Gasteiger partial charge in [-0.3, -0.25) is 4.79 Å². The molecule has 0 radical (unpaired) electrons. The molecule has 0 aromatic heterocycles. The van der Waals surface area contributed by atoms with E-state index in [9.17, 15) is 9.59 Å². The number of methoxy groups -OCH3 is 1. The molecule has 0 unspecified atom stereocenters. The van der Waals surface area contributed by atoms with Gasteiger partial charge < -0.3 is 19.5 Å². The predicted molar refractivity (Wildman–Crippen MR) is 125 cm³/mol. The van der Waals surface area contributed by atoms with Crippen molar-refractivity contribution in [2.75, 3.05) is 20.3 Å². The van der Waals surface area contributed by atoms with E-state index in [2.05, 4.69) is 11.2 Å². The van der Waals surface area contributed by atoms with Crippen LogP contribution in [0.15, 0.2) is 53.2 Å². The number of allylic oxidation sites excluding steroid dienone is 2. The SMILES string of the molecule is C#CCOc1c(Cl)cc([C@H]2C(C(=O)OCC)=C(C)NC3=C2C(=O)c2ccccc23)cc1OC. The van der Waals surface area contributed by atoms with Crippen LogP contribution < -0.4 is 14.8 Å². The summed E-state index contributed by atoms with van der Waals surface area (Å²) < 4.78 is 16.4. The van der Waals surface area contributed by atoms with Crippen molar-refractivity contribution in [3.8, 4) is 23.8 Å². The highest BCUT2D eigenvalue weighted by Gasteiger charge is 2.43. The fourth-order valence-electron chi connectivity index (χ4n) is 4.30. The Hall–Kier alpha value is -3.69. The first-order valence-electron chi connectivity index (χ1n) is 10.4. The largest absolute Gasteiger partial charge is 0.493 e. The van der Waals surface area contributed by atoms with E-state index in [-0.39, 0.29) is 24.0 Å². The Balaban J connectivity index is 1.93. The van der Waals surface area contributed by atoms with E-state index in [0.717, 1.165) is 5.56 Å². The molecule has 1 aliphatic carbocycles. The summed E-state index contributed by atoms with van der Waals surface area (Å²) in [6.07, 6.45) is 5.31. The molecule has 0 spiro atoms. The lowest BCUT2D eigenvalue weighted by atomic mass is 9.79. The summed E-state index contributed by atoms with van der Waals surface area (Å²) in [7, 11) is 1.48. The minimum atomic E-state index is -0.715. The number of hydrogen-bond donors (Lipinski definition) is 1. The molecular formula is C26H22ClNO5. The third-order valence-electron chi connectivity index (χ3n) is 5.63. The van der Waals surface area contributed by atoms with E-state index in [0.29, 0.717) is 45.2 Å². The summed E-state index contributed by atoms with van der Waals surface area (Å²) >= 11 is 6.54. The number of benzene rings is 2. The van der Waals surface area contributed by atoms with Gasteiger partial charge in [0.05, 0.1) is 30.0 Å². The molecular weight excluding hydrogens is 442 g/mol. The number of halogens is 1. The number of esters is 1. The van der Waals surface area contributed by atoms with Crippen LogP contribution in [0.4, 0.5) is 0 Å². The number of ether oxygens (including phenoxy) is 3. The average molecular weight is 464 g/mol. The monoisotopic (exact) mass is 463 g/mol. The van der Waals surface area contributed by atoms with Crippen LogP contribution in [0.1, 0.15) is 41.3 Å². The van der Waals surface area contributed by atoms with Gasteiger partial charge in [0.15, 0.2) is 17.3 Å². The lowest BCUT2D eigenvalue weighted by Gasteiger charge is -2.29. The van der Waals surface area contributed by atoms with E-state index < -0.39 is 11.9 Å². The smallest absolute Gasteiger partial charge is 0.336 e. The normalized spacial score (nSPS) is 16.6. The zero-order chi connectivity index (χ0) is 23.7. The van der Waals surface area contributed by atoms with Crippen LogP contribution in [0.3, 0.4) is 0 Å². The second kappa shape index (κ2) is 9.05. The first-order valence-corrected chi connectivity index (χ1v) is 10.8. The second-order valence-corrected chi connectivity index (χ2v) is 7.91. The Labute approximate surface area is 197 Å². The highest BCUT2D eigenvalue weighted by atomic mass is 35.5. The van der Waals surface area contributed by atoms with Gasteiger partial charge in [0.25, 0.3) is 0 Å². The van der Waals surface area contributed by atoms with Crippen LogP contribution in [0.5, 0.6) is 11.5 Å². The Morgan fingerprint density at radius 1 is 1.24 bits per heavy atom. The molecule has 1 atom stereocenters. The van der Waals surface area contributed by atoms with E-state index in [4.69, 9.17) is 32.2 Å². The van der Waals surface area contributed by atoms with Crippen LogP contribution in [0.25, 0.3) is 5.70 Å². The molecule has 7 heteroatoms. The summed E-state index contributed by atoms with van der Waals surface area (Å²) in [6.45, 7) is 3.74. The summed E-state index contributed by atoms with van der Waals surface area (Å²) in [4.78, 5) is 26.6. The van der Waals surface area contributed by atoms with Crippen LogP contribution >= 0.6 is 11.6 Å². The van der Waals surface area contributed by atoms with Gasteiger partial charge in [-0.05, 0) is 31.5 Å². The molecule has 0 fully saturated rings. The minimum Gasteiger partial charge on any atom is -0.493 e. The molecule has 2 aliphatic rings. The van der Waals surface area contributed by atoms with Crippen molar-refractivity contribution in [3.05, 3.63) is 75.0 Å². The number of nitrogens with one attached hydrogen (secondary N) is 1. The van der Waals surface area contributed by atoms with E-state index in [1.807, 2.05) is 18.2 Å². The molecule has 2 aromatic rings. The van der Waals surface area contributed by atoms with Gasteiger partial charge >= 0.3 is 5.97 Å². The van der Waals surface area contributed by atoms with Gasteiger partial charge in [0, 0.05) is 28.3 Å². The molecule has 4 rings (SSSR count). The van der Waals surface area contributed by atoms with Crippen molar-refractivity contribution >= 4 is 29.1 Å². The number of hydrogen-bond acceptors (Lipinski definition) is 6. The van der Waals surface area contributed by atoms with Crippen LogP contribution in [-0.2, 0) is 9.53 Å². The second-order valence-electron chi connectivity index (χ2n) is 7.51. The molecule has 2 aromatic carbocycles. The van der Waals surface area contributed by atoms with Gasteiger partial charge in [-0.1, -0.05) is 41.8 Å². The van der Waals surface area contributed by atoms with Crippen LogP contribution in [-0.4, -0.2) is 32.1 Å². The Morgan fingerprint density at radius 3 is 2.64 bits per heavy atom. The lowest BCUT2D eigenvalue weighted by Crippen LogP contribution is -2.29. The van der Waals surface area contributed by atoms with Crippen molar-refractivity contribution < 1.29 is 23.8 Å². The Kier molecular flexibility index (Phi) is 6.17. The highest BCUT2D eigenvalue weighted by Crippen LogP contribution is 2.49. The van der Waals surface area contributed by atoms with Crippen molar-refractivity contribution in [2.45, 2.75) is 19.8 Å². The summed E-state index contributed by atoms with van der Waals surface area (Å²) in [6, 6.07) is 10.7. The standard InChI is InChI=1S/C26H22ClNO5/c1-5-11-33-25-18(27)12-15(13-19(25)31-4)21-20(26(30)32-6-2)14(3)28-23-16-9-7-8-10-17(16)24(29)22(21)23/h1,7-10,12-13,21,28H,6,11H2,2-4H3/t21-/m0/s1. The fourth-order valence-corrected chi connectivity index (χ4v) is 4.58. The van der Waals surface area contributed by atoms with Gasteiger partial charge in [0.2, 0.25) is 0 Å². The van der Waals surface area contributed by atoms with Crippen LogP contribution in [0, 0.1) is 12.3 Å². The number of dihydropyridines is 1. The number of rotatable bonds is 6. The minimum absolute atomic E-state index is 0.0129. The molecule has 0 saturated carbocycles. The van der Waals surface area contributed by atoms with Gasteiger partial charge in [0.1, 0.15) is 6.61 Å². The first-order chi connectivity index (χ1) is 15.9. The third kappa shape index (κ3) is 3.75. The zero-order valence-electron chi connectivity index (χ0n) is 18.5. The first kappa shape index (κ1) is 22.5. The molecule has 0 amide bonds. The molecule has 1 heterocycles. The lowest BCUT2D eigenvalue weighted by molar-refractivity contribution is -0.138. The quantitative estimate of drug-likeness (QED) is 0.502. The van der Waals surface area contributed by atoms with Crippen molar-refractivity contribution in [1.82, 2.24) is 5.32 Å². The Bertz CT molecular complexity index is 1270. The predicted octanol–water partition coefficient (Wildman–Crippen LogP) is 4.49. The molecule has 1 aliphatic heterocycles. The molecule has 168 valence electrons. The van der Waals surface area contributed by atoms with Gasteiger partial charge in [-0.15, -0.1) is 6.42 Å². The summed E-state index contributed by atoms with van der Waals surface area (Å²) in [5.41, 5.74) is 4.04. The molecule has 6 nitrogen and oxygen atoms in total. The Morgan fingerprint density at radius 2 is 1.97 bits per heavy atom. The average Bonchev–Trinajstić information content (AvgIpc) is 3.08. The highest BCUT2D eigenvalue weighted by molar-refractivity contribution is 6.32. The molecule has 0 saturated heterocycles. The number of carbonyl (C=O) groups is 2. The van der Waals surface area contributed by atoms with E-state index in [1.54, 1.807) is 32.0 Å². The number of terminal acetylenes is 1. The van der Waals surface area contributed by atoms with E-state index >= 15 is 0 Å². The summed E-state index contributed by atoms with van der Waals surface area (Å²) in [5.74, 6) is 1.65. The molecule has 0 bridgehead atoms.